The third-order valence-corrected chi connectivity index (χ3v) is 2.29. The summed E-state index contributed by atoms with van der Waals surface area (Å²) in [7, 11) is 3.56. The highest BCUT2D eigenvalue weighted by molar-refractivity contribution is 5.78. The van der Waals surface area contributed by atoms with Gasteiger partial charge in [0.05, 0.1) is 6.42 Å². The van der Waals surface area contributed by atoms with Crippen molar-refractivity contribution in [1.82, 2.24) is 4.90 Å². The van der Waals surface area contributed by atoms with Crippen molar-refractivity contribution in [3.8, 4) is 0 Å². The molecule has 0 bridgehead atoms. The second kappa shape index (κ2) is 7.91. The van der Waals surface area contributed by atoms with E-state index in [9.17, 15) is 4.79 Å². The van der Waals surface area contributed by atoms with E-state index in [1.54, 1.807) is 19.0 Å². The van der Waals surface area contributed by atoms with E-state index in [1.165, 1.54) is 5.56 Å². The molecule has 0 aromatic heterocycles. The number of hydrogen-bond acceptors (Lipinski definition) is 1. The predicted molar refractivity (Wildman–Crippen MR) is 69.6 cm³/mol. The normalized spacial score (nSPS) is 9.06. The molecule has 0 heterocycles. The van der Waals surface area contributed by atoms with Crippen LogP contribution >= 0.6 is 0 Å². The molecule has 0 fully saturated rings. The van der Waals surface area contributed by atoms with Crippen LogP contribution in [-0.4, -0.2) is 24.9 Å². The fourth-order valence-corrected chi connectivity index (χ4v) is 1.23. The van der Waals surface area contributed by atoms with Crippen LogP contribution in [0.5, 0.6) is 0 Å². The van der Waals surface area contributed by atoms with Gasteiger partial charge in [-0.15, -0.1) is 0 Å². The Morgan fingerprint density at radius 1 is 1.06 bits per heavy atom. The standard InChI is InChI=1S/C12H17NO.C2H6/c1-4-10-5-7-11(8-6-10)9-12(14)13(2)3;1-2/h5-8H,4,9H2,1-3H3;1-2H3. The lowest BCUT2D eigenvalue weighted by Gasteiger charge is -2.10. The number of carbonyl (C=O) groups excluding carboxylic acids is 1. The van der Waals surface area contributed by atoms with Gasteiger partial charge >= 0.3 is 0 Å². The molecule has 0 saturated carbocycles. The van der Waals surface area contributed by atoms with Gasteiger partial charge in [0.15, 0.2) is 0 Å². The summed E-state index contributed by atoms with van der Waals surface area (Å²) in [5.41, 5.74) is 2.40. The first-order valence-electron chi connectivity index (χ1n) is 5.91. The summed E-state index contributed by atoms with van der Waals surface area (Å²) in [6.07, 6.45) is 1.54. The van der Waals surface area contributed by atoms with E-state index in [0.717, 1.165) is 12.0 Å². The topological polar surface area (TPSA) is 20.3 Å². The fraction of sp³-hybridized carbons (Fsp3) is 0.500. The van der Waals surface area contributed by atoms with E-state index in [2.05, 4.69) is 19.1 Å². The smallest absolute Gasteiger partial charge is 0.226 e. The molecule has 2 nitrogen and oxygen atoms in total. The highest BCUT2D eigenvalue weighted by atomic mass is 16.2. The third kappa shape index (κ3) is 4.96. The molecule has 1 rings (SSSR count). The number of carbonyl (C=O) groups is 1. The molecule has 0 atom stereocenters. The average molecular weight is 221 g/mol. The molecule has 0 aliphatic rings. The Morgan fingerprint density at radius 2 is 1.50 bits per heavy atom. The SMILES string of the molecule is CC.CCc1ccc(CC(=O)N(C)C)cc1. The van der Waals surface area contributed by atoms with E-state index >= 15 is 0 Å². The van der Waals surface area contributed by atoms with Gasteiger partial charge in [-0.25, -0.2) is 0 Å². The second-order valence-electron chi connectivity index (χ2n) is 3.63. The van der Waals surface area contributed by atoms with Crippen LogP contribution in [0.1, 0.15) is 31.9 Å². The zero-order valence-electron chi connectivity index (χ0n) is 11.1. The Morgan fingerprint density at radius 3 is 1.88 bits per heavy atom. The maximum Gasteiger partial charge on any atom is 0.226 e. The van der Waals surface area contributed by atoms with Crippen molar-refractivity contribution in [1.29, 1.82) is 0 Å². The van der Waals surface area contributed by atoms with Crippen LogP contribution in [0.2, 0.25) is 0 Å². The molecule has 1 aromatic carbocycles. The van der Waals surface area contributed by atoms with Gasteiger partial charge in [0, 0.05) is 14.1 Å². The Hall–Kier alpha value is -1.31. The van der Waals surface area contributed by atoms with Crippen LogP contribution in [0, 0.1) is 0 Å². The number of aryl methyl sites for hydroxylation is 1. The summed E-state index contributed by atoms with van der Waals surface area (Å²) in [5, 5.41) is 0. The first-order chi connectivity index (χ1) is 7.63. The van der Waals surface area contributed by atoms with Crippen molar-refractivity contribution in [2.75, 3.05) is 14.1 Å². The number of likely N-dealkylation sites (N-methyl/N-ethyl adjacent to an activating group) is 1. The zero-order valence-corrected chi connectivity index (χ0v) is 11.1. The quantitative estimate of drug-likeness (QED) is 0.768. The second-order valence-corrected chi connectivity index (χ2v) is 3.63. The van der Waals surface area contributed by atoms with Crippen LogP contribution in [0.4, 0.5) is 0 Å². The largest absolute Gasteiger partial charge is 0.349 e. The molecule has 2 heteroatoms. The zero-order chi connectivity index (χ0) is 12.6. The average Bonchev–Trinajstić information content (AvgIpc) is 2.32. The maximum absolute atomic E-state index is 11.4. The lowest BCUT2D eigenvalue weighted by atomic mass is 10.1. The highest BCUT2D eigenvalue weighted by Gasteiger charge is 2.04. The van der Waals surface area contributed by atoms with E-state index in [4.69, 9.17) is 0 Å². The van der Waals surface area contributed by atoms with Crippen molar-refractivity contribution in [3.63, 3.8) is 0 Å². The van der Waals surface area contributed by atoms with Gasteiger partial charge in [0.1, 0.15) is 0 Å². The van der Waals surface area contributed by atoms with Crippen molar-refractivity contribution >= 4 is 5.91 Å². The van der Waals surface area contributed by atoms with Gasteiger partial charge in [-0.1, -0.05) is 45.0 Å². The molecule has 0 saturated heterocycles. The van der Waals surface area contributed by atoms with Gasteiger partial charge in [0.2, 0.25) is 5.91 Å². The van der Waals surface area contributed by atoms with Crippen molar-refractivity contribution in [2.24, 2.45) is 0 Å². The Labute approximate surface area is 99.3 Å². The molecule has 0 aliphatic carbocycles. The van der Waals surface area contributed by atoms with E-state index < -0.39 is 0 Å². The number of benzene rings is 1. The molecule has 0 unspecified atom stereocenters. The number of hydrogen-bond donors (Lipinski definition) is 0. The summed E-state index contributed by atoms with van der Waals surface area (Å²) in [4.78, 5) is 13.0. The minimum Gasteiger partial charge on any atom is -0.349 e. The number of nitrogens with zero attached hydrogens (tertiary/aromatic N) is 1. The van der Waals surface area contributed by atoms with Crippen molar-refractivity contribution < 1.29 is 4.79 Å². The van der Waals surface area contributed by atoms with E-state index in [1.807, 2.05) is 26.0 Å². The maximum atomic E-state index is 11.4. The molecular formula is C14H23NO. The van der Waals surface area contributed by atoms with E-state index in [0.29, 0.717) is 6.42 Å². The predicted octanol–water partition coefficient (Wildman–Crippen LogP) is 2.91. The fourth-order valence-electron chi connectivity index (χ4n) is 1.23. The summed E-state index contributed by atoms with van der Waals surface area (Å²) in [6, 6.07) is 8.22. The lowest BCUT2D eigenvalue weighted by Crippen LogP contribution is -2.23. The van der Waals surface area contributed by atoms with E-state index in [-0.39, 0.29) is 5.91 Å². The molecule has 1 aromatic rings. The van der Waals surface area contributed by atoms with Crippen LogP contribution in [0.3, 0.4) is 0 Å². The minimum atomic E-state index is 0.147. The molecule has 0 N–H and O–H groups in total. The molecule has 16 heavy (non-hydrogen) atoms. The van der Waals surface area contributed by atoms with Gasteiger partial charge < -0.3 is 4.90 Å². The minimum absolute atomic E-state index is 0.147. The summed E-state index contributed by atoms with van der Waals surface area (Å²) >= 11 is 0. The Bertz CT molecular complexity index is 301. The summed E-state index contributed by atoms with van der Waals surface area (Å²) in [5.74, 6) is 0.147. The molecule has 0 spiro atoms. The van der Waals surface area contributed by atoms with Crippen LogP contribution in [-0.2, 0) is 17.6 Å². The van der Waals surface area contributed by atoms with Gasteiger partial charge in [0.25, 0.3) is 0 Å². The first-order valence-corrected chi connectivity index (χ1v) is 5.91. The Kier molecular flexibility index (Phi) is 7.27. The first kappa shape index (κ1) is 14.7. The molecule has 0 aliphatic heterocycles. The summed E-state index contributed by atoms with van der Waals surface area (Å²) < 4.78 is 0. The van der Waals surface area contributed by atoms with Gasteiger partial charge in [-0.3, -0.25) is 4.79 Å². The monoisotopic (exact) mass is 221 g/mol. The number of rotatable bonds is 3. The molecule has 1 amide bonds. The Balaban J connectivity index is 0.00000106. The van der Waals surface area contributed by atoms with Crippen LogP contribution < -0.4 is 0 Å². The molecule has 90 valence electrons. The molecular weight excluding hydrogens is 198 g/mol. The third-order valence-electron chi connectivity index (χ3n) is 2.29. The highest BCUT2D eigenvalue weighted by Crippen LogP contribution is 2.06. The van der Waals surface area contributed by atoms with Crippen molar-refractivity contribution in [2.45, 2.75) is 33.6 Å². The van der Waals surface area contributed by atoms with Crippen molar-refractivity contribution in [3.05, 3.63) is 35.4 Å². The number of amides is 1. The van der Waals surface area contributed by atoms with Crippen LogP contribution in [0.25, 0.3) is 0 Å². The van der Waals surface area contributed by atoms with Gasteiger partial charge in [-0.2, -0.15) is 0 Å². The summed E-state index contributed by atoms with van der Waals surface area (Å²) in [6.45, 7) is 6.12. The van der Waals surface area contributed by atoms with Gasteiger partial charge in [-0.05, 0) is 17.5 Å². The lowest BCUT2D eigenvalue weighted by molar-refractivity contribution is -0.127. The van der Waals surface area contributed by atoms with Crippen LogP contribution in [0.15, 0.2) is 24.3 Å². The molecule has 0 radical (unpaired) electrons.